The first-order valence-corrected chi connectivity index (χ1v) is 10.1. The maximum atomic E-state index is 10.9. The number of carbonyl (C=O) groups excluding carboxylic acids is 1. The van der Waals surface area contributed by atoms with E-state index in [-0.39, 0.29) is 30.0 Å². The van der Waals surface area contributed by atoms with Crippen molar-refractivity contribution in [3.63, 3.8) is 0 Å². The minimum absolute atomic E-state index is 0.0265. The third-order valence-electron chi connectivity index (χ3n) is 7.75. The van der Waals surface area contributed by atoms with E-state index in [1.807, 2.05) is 0 Å². The molecule has 3 fully saturated rings. The molecule has 0 aromatic heterocycles. The largest absolute Gasteiger partial charge is 0.461 e. The third kappa shape index (κ3) is 3.28. The van der Waals surface area contributed by atoms with Gasteiger partial charge < -0.3 is 20.1 Å². The Labute approximate surface area is 162 Å². The molecule has 5 heteroatoms. The van der Waals surface area contributed by atoms with E-state index in [0.717, 1.165) is 0 Å². The van der Waals surface area contributed by atoms with Crippen molar-refractivity contribution < 1.29 is 24.9 Å². The number of rotatable bonds is 6. The molecule has 0 unspecified atom stereocenters. The zero-order chi connectivity index (χ0) is 20.1. The molecule has 5 nitrogen and oxygen atoms in total. The van der Waals surface area contributed by atoms with E-state index in [1.54, 1.807) is 6.92 Å². The smallest absolute Gasteiger partial charge is 0.302 e. The van der Waals surface area contributed by atoms with E-state index < -0.39 is 12.2 Å². The Morgan fingerprint density at radius 3 is 2.63 bits per heavy atom. The molecule has 0 amide bonds. The molecule has 0 heterocycles. The summed E-state index contributed by atoms with van der Waals surface area (Å²) in [6, 6.07) is 0. The molecule has 0 aliphatic heterocycles. The van der Waals surface area contributed by atoms with Gasteiger partial charge in [0.25, 0.3) is 0 Å². The van der Waals surface area contributed by atoms with Crippen molar-refractivity contribution in [2.45, 2.75) is 65.3 Å². The zero-order valence-corrected chi connectivity index (χ0v) is 16.9. The number of esters is 1. The minimum atomic E-state index is -1.10. The van der Waals surface area contributed by atoms with Crippen molar-refractivity contribution in [2.75, 3.05) is 6.61 Å². The number of carbonyl (C=O) groups is 1. The number of hydrogen-bond donors (Lipinski definition) is 3. The van der Waals surface area contributed by atoms with Crippen molar-refractivity contribution in [3.8, 4) is 0 Å². The van der Waals surface area contributed by atoms with Crippen LogP contribution in [0.3, 0.4) is 0 Å². The van der Waals surface area contributed by atoms with Gasteiger partial charge in [0.1, 0.15) is 18.8 Å². The lowest BCUT2D eigenvalue weighted by molar-refractivity contribution is -0.144. The van der Waals surface area contributed by atoms with Crippen LogP contribution in [0.2, 0.25) is 0 Å². The molecule has 3 aliphatic carbocycles. The Morgan fingerprint density at radius 1 is 1.33 bits per heavy atom. The summed E-state index contributed by atoms with van der Waals surface area (Å²) in [4.78, 5) is 10.9. The quantitative estimate of drug-likeness (QED) is 0.488. The number of hydrogen-bond acceptors (Lipinski definition) is 5. The van der Waals surface area contributed by atoms with Gasteiger partial charge in [-0.25, -0.2) is 0 Å². The molecule has 0 bridgehead atoms. The van der Waals surface area contributed by atoms with E-state index in [1.165, 1.54) is 25.8 Å². The van der Waals surface area contributed by atoms with Gasteiger partial charge in [-0.3, -0.25) is 4.79 Å². The normalized spacial score (nSPS) is 42.7. The van der Waals surface area contributed by atoms with E-state index in [9.17, 15) is 20.1 Å². The standard InChI is InChI=1S/C22H34O5/c1-11(10-27-14(4)23)8-17(24)21(26)13(3)15-9-18(25)22(5)16-7-6-12(2)19(16)20(15)22/h8,12,15-21,24-26H,3,6-7,9-10H2,1-2,4-5H3/b11-8-/t12-,15+,16+,17+,18+,19-,20+,21+,22+/m1/s1. The Kier molecular flexibility index (Phi) is 5.59. The van der Waals surface area contributed by atoms with Crippen molar-refractivity contribution in [3.05, 3.63) is 23.8 Å². The first-order valence-electron chi connectivity index (χ1n) is 10.1. The summed E-state index contributed by atoms with van der Waals surface area (Å²) in [5.41, 5.74) is 1.20. The second kappa shape index (κ2) is 7.34. The van der Waals surface area contributed by atoms with E-state index in [0.29, 0.717) is 41.2 Å². The Hall–Kier alpha value is -1.17. The van der Waals surface area contributed by atoms with Gasteiger partial charge in [-0.1, -0.05) is 32.9 Å². The monoisotopic (exact) mass is 378 g/mol. The van der Waals surface area contributed by atoms with Crippen molar-refractivity contribution in [1.29, 1.82) is 0 Å². The lowest BCUT2D eigenvalue weighted by atomic mass is 9.46. The van der Waals surface area contributed by atoms with Crippen molar-refractivity contribution in [2.24, 2.45) is 35.0 Å². The molecule has 0 aromatic rings. The van der Waals surface area contributed by atoms with E-state index in [4.69, 9.17) is 4.74 Å². The van der Waals surface area contributed by atoms with Crippen molar-refractivity contribution >= 4 is 5.97 Å². The average molecular weight is 379 g/mol. The number of fused-ring (bicyclic) bond motifs is 4. The van der Waals surface area contributed by atoms with Crippen LogP contribution in [0.5, 0.6) is 0 Å². The molecule has 152 valence electrons. The highest BCUT2D eigenvalue weighted by molar-refractivity contribution is 5.66. The minimum Gasteiger partial charge on any atom is -0.461 e. The summed E-state index contributed by atoms with van der Waals surface area (Å²) in [6.45, 7) is 11.8. The molecule has 9 atom stereocenters. The summed E-state index contributed by atoms with van der Waals surface area (Å²) in [5, 5.41) is 31.9. The fraction of sp³-hybridized carbons (Fsp3) is 0.773. The molecule has 3 aliphatic rings. The second-order valence-electron chi connectivity index (χ2n) is 9.29. The van der Waals surface area contributed by atoms with Crippen molar-refractivity contribution in [1.82, 2.24) is 0 Å². The van der Waals surface area contributed by atoms with Gasteiger partial charge in [0, 0.05) is 12.3 Å². The summed E-state index contributed by atoms with van der Waals surface area (Å²) >= 11 is 0. The molecular weight excluding hydrogens is 344 g/mol. The van der Waals surface area contributed by atoms with Crippen LogP contribution in [0, 0.1) is 35.0 Å². The third-order valence-corrected chi connectivity index (χ3v) is 7.75. The molecule has 0 aromatic carbocycles. The summed E-state index contributed by atoms with van der Waals surface area (Å²) in [6.07, 6.45) is 1.95. The summed E-state index contributed by atoms with van der Waals surface area (Å²) in [5.74, 6) is 1.76. The average Bonchev–Trinajstić information content (AvgIpc) is 3.04. The summed E-state index contributed by atoms with van der Waals surface area (Å²) < 4.78 is 4.92. The van der Waals surface area contributed by atoms with Gasteiger partial charge in [0.05, 0.1) is 6.10 Å². The van der Waals surface area contributed by atoms with Crippen LogP contribution in [0.25, 0.3) is 0 Å². The fourth-order valence-electron chi connectivity index (χ4n) is 6.38. The molecule has 3 rings (SSSR count). The zero-order valence-electron chi connectivity index (χ0n) is 16.9. The SMILES string of the molecule is C=C([C@H](O)[C@@H](O)/C=C(/C)COC(C)=O)[C@@H]1C[C@H](O)[C@@]2(C)[C@@H]1[C@@H]1[C@H](C)CC[C@@H]12. The van der Waals surface area contributed by atoms with Crippen LogP contribution in [0.1, 0.15) is 47.0 Å². The molecular formula is C22H34O5. The lowest BCUT2D eigenvalue weighted by Gasteiger charge is -2.58. The summed E-state index contributed by atoms with van der Waals surface area (Å²) in [7, 11) is 0. The highest BCUT2D eigenvalue weighted by Crippen LogP contribution is 2.73. The highest BCUT2D eigenvalue weighted by atomic mass is 16.5. The Balaban J connectivity index is 1.70. The first-order chi connectivity index (χ1) is 12.6. The highest BCUT2D eigenvalue weighted by Gasteiger charge is 2.70. The van der Waals surface area contributed by atoms with Crippen LogP contribution in [0.15, 0.2) is 23.8 Å². The Morgan fingerprint density at radius 2 is 2.00 bits per heavy atom. The molecule has 3 saturated carbocycles. The van der Waals surface area contributed by atoms with E-state index >= 15 is 0 Å². The second-order valence-corrected chi connectivity index (χ2v) is 9.29. The van der Waals surface area contributed by atoms with Gasteiger partial charge in [-0.2, -0.15) is 0 Å². The predicted molar refractivity (Wildman–Crippen MR) is 103 cm³/mol. The maximum absolute atomic E-state index is 10.9. The van der Waals surface area contributed by atoms with Crippen LogP contribution < -0.4 is 0 Å². The Bertz CT molecular complexity index is 641. The first kappa shape index (κ1) is 20.6. The number of ether oxygens (including phenoxy) is 1. The molecule has 3 N–H and O–H groups in total. The molecule has 27 heavy (non-hydrogen) atoms. The van der Waals surface area contributed by atoms with Crippen LogP contribution in [-0.4, -0.2) is 46.2 Å². The van der Waals surface area contributed by atoms with Gasteiger partial charge in [0.2, 0.25) is 0 Å². The van der Waals surface area contributed by atoms with Crippen LogP contribution in [-0.2, 0) is 9.53 Å². The van der Waals surface area contributed by atoms with Gasteiger partial charge >= 0.3 is 5.97 Å². The van der Waals surface area contributed by atoms with E-state index in [2.05, 4.69) is 20.4 Å². The number of aliphatic hydroxyl groups is 3. The molecule has 0 radical (unpaired) electrons. The van der Waals surface area contributed by atoms with Gasteiger partial charge in [0.15, 0.2) is 0 Å². The molecule has 0 saturated heterocycles. The van der Waals surface area contributed by atoms with Crippen LogP contribution >= 0.6 is 0 Å². The van der Waals surface area contributed by atoms with Gasteiger partial charge in [-0.15, -0.1) is 0 Å². The maximum Gasteiger partial charge on any atom is 0.302 e. The van der Waals surface area contributed by atoms with Gasteiger partial charge in [-0.05, 0) is 60.5 Å². The lowest BCUT2D eigenvalue weighted by Crippen LogP contribution is -2.57. The van der Waals surface area contributed by atoms with Crippen LogP contribution in [0.4, 0.5) is 0 Å². The number of aliphatic hydroxyl groups excluding tert-OH is 3. The molecule has 0 spiro atoms. The topological polar surface area (TPSA) is 87.0 Å². The fourth-order valence-corrected chi connectivity index (χ4v) is 6.38. The predicted octanol–water partition coefficient (Wildman–Crippen LogP) is 2.45.